The molecule has 0 radical (unpaired) electrons. The van der Waals surface area contributed by atoms with Crippen LogP contribution in [0.25, 0.3) is 0 Å². The van der Waals surface area contributed by atoms with Crippen LogP contribution in [0, 0.1) is 5.92 Å². The minimum Gasteiger partial charge on any atom is -0.269 e. The Morgan fingerprint density at radius 2 is 2.27 bits per heavy atom. The van der Waals surface area contributed by atoms with Gasteiger partial charge in [-0.15, -0.1) is 0 Å². The largest absolute Gasteiger partial charge is 0.269 e. The molecule has 11 heavy (non-hydrogen) atoms. The van der Waals surface area contributed by atoms with Gasteiger partial charge in [0.15, 0.2) is 0 Å². The van der Waals surface area contributed by atoms with Gasteiger partial charge in [-0.3, -0.25) is 4.99 Å². The zero-order valence-electron chi connectivity index (χ0n) is 7.67. The first-order chi connectivity index (χ1) is 5.20. The van der Waals surface area contributed by atoms with Crippen molar-refractivity contribution in [2.24, 2.45) is 10.9 Å². The smallest absolute Gasteiger partial charge is 0.0293 e. The molecule has 0 aromatic carbocycles. The Bertz CT molecular complexity index is 166. The molecule has 1 unspecified atom stereocenters. The van der Waals surface area contributed by atoms with Crippen LogP contribution in [0.3, 0.4) is 0 Å². The molecular weight excluding hydrogens is 134 g/mol. The number of hydrogen-bond donors (Lipinski definition) is 0. The fourth-order valence-electron chi connectivity index (χ4n) is 0.466. The van der Waals surface area contributed by atoms with E-state index in [4.69, 9.17) is 0 Å². The second kappa shape index (κ2) is 5.90. The zero-order chi connectivity index (χ0) is 8.69. The van der Waals surface area contributed by atoms with Crippen molar-refractivity contribution in [3.63, 3.8) is 0 Å². The lowest BCUT2D eigenvalue weighted by atomic mass is 10.1. The summed E-state index contributed by atoms with van der Waals surface area (Å²) in [6.07, 6.45) is 6.74. The molecule has 0 saturated heterocycles. The van der Waals surface area contributed by atoms with E-state index in [2.05, 4.69) is 25.4 Å². The lowest BCUT2D eigenvalue weighted by molar-refractivity contribution is 0.754. The summed E-state index contributed by atoms with van der Waals surface area (Å²) in [7, 11) is 0. The van der Waals surface area contributed by atoms with Gasteiger partial charge in [-0.25, -0.2) is 0 Å². The molecule has 0 amide bonds. The van der Waals surface area contributed by atoms with E-state index in [1.165, 1.54) is 0 Å². The van der Waals surface area contributed by atoms with Crippen LogP contribution in [-0.4, -0.2) is 6.21 Å². The van der Waals surface area contributed by atoms with Crippen molar-refractivity contribution in [1.82, 2.24) is 0 Å². The number of rotatable bonds is 4. The van der Waals surface area contributed by atoms with Crippen LogP contribution in [0.2, 0.25) is 0 Å². The Morgan fingerprint density at radius 1 is 1.64 bits per heavy atom. The van der Waals surface area contributed by atoms with Crippen LogP contribution in [0.5, 0.6) is 0 Å². The summed E-state index contributed by atoms with van der Waals surface area (Å²) >= 11 is 0. The third kappa shape index (κ3) is 5.59. The molecule has 0 aliphatic carbocycles. The maximum absolute atomic E-state index is 4.15. The quantitative estimate of drug-likeness (QED) is 0.432. The third-order valence-corrected chi connectivity index (χ3v) is 1.58. The van der Waals surface area contributed by atoms with Crippen LogP contribution in [0.1, 0.15) is 27.2 Å². The summed E-state index contributed by atoms with van der Waals surface area (Å²) in [5.41, 5.74) is 1.10. The summed E-state index contributed by atoms with van der Waals surface area (Å²) in [5, 5.41) is 0. The zero-order valence-corrected chi connectivity index (χ0v) is 7.67. The normalized spacial score (nSPS) is 15.4. The Balaban J connectivity index is 3.84. The van der Waals surface area contributed by atoms with Gasteiger partial charge in [-0.05, 0) is 24.8 Å². The molecule has 0 heterocycles. The van der Waals surface area contributed by atoms with Gasteiger partial charge >= 0.3 is 0 Å². The monoisotopic (exact) mass is 151 g/mol. The number of hydrogen-bond acceptors (Lipinski definition) is 1. The average Bonchev–Trinajstić information content (AvgIpc) is 2.04. The average molecular weight is 151 g/mol. The van der Waals surface area contributed by atoms with Crippen molar-refractivity contribution in [3.8, 4) is 0 Å². The van der Waals surface area contributed by atoms with E-state index in [-0.39, 0.29) is 0 Å². The summed E-state index contributed by atoms with van der Waals surface area (Å²) in [4.78, 5) is 4.15. The van der Waals surface area contributed by atoms with Gasteiger partial charge in [-0.1, -0.05) is 26.5 Å². The van der Waals surface area contributed by atoms with Gasteiger partial charge < -0.3 is 0 Å². The minimum absolute atomic E-state index is 0.573. The highest BCUT2D eigenvalue weighted by atomic mass is 14.7. The van der Waals surface area contributed by atoms with Crippen molar-refractivity contribution < 1.29 is 0 Å². The Kier molecular flexibility index (Phi) is 5.44. The van der Waals surface area contributed by atoms with E-state index in [1.54, 1.807) is 6.08 Å². The lowest BCUT2D eigenvalue weighted by Gasteiger charge is -1.96. The molecule has 0 bridgehead atoms. The molecule has 0 aliphatic rings. The van der Waals surface area contributed by atoms with E-state index in [1.807, 2.05) is 19.3 Å². The van der Waals surface area contributed by atoms with Crippen molar-refractivity contribution in [2.45, 2.75) is 27.2 Å². The maximum atomic E-state index is 4.15. The van der Waals surface area contributed by atoms with Gasteiger partial charge in [0.1, 0.15) is 0 Å². The van der Waals surface area contributed by atoms with Gasteiger partial charge in [0, 0.05) is 12.4 Å². The van der Waals surface area contributed by atoms with Crippen molar-refractivity contribution in [1.29, 1.82) is 0 Å². The highest BCUT2D eigenvalue weighted by Crippen LogP contribution is 1.97. The number of aliphatic imine (C=N–C) groups is 1. The molecule has 62 valence electrons. The first-order valence-corrected chi connectivity index (χ1v) is 4.03. The molecule has 0 aliphatic heterocycles. The van der Waals surface area contributed by atoms with Gasteiger partial charge in [0.2, 0.25) is 0 Å². The molecule has 0 spiro atoms. The molecule has 0 N–H and O–H groups in total. The first-order valence-electron chi connectivity index (χ1n) is 4.03. The first kappa shape index (κ1) is 10.2. The summed E-state index contributed by atoms with van der Waals surface area (Å²) in [5.74, 6) is 0.573. The van der Waals surface area contributed by atoms with E-state index in [0.29, 0.717) is 5.92 Å². The van der Waals surface area contributed by atoms with Gasteiger partial charge in [0.25, 0.3) is 0 Å². The van der Waals surface area contributed by atoms with Crippen molar-refractivity contribution >= 4 is 6.21 Å². The molecule has 0 aromatic rings. The maximum Gasteiger partial charge on any atom is 0.0293 e. The molecule has 1 nitrogen and oxygen atoms in total. The third-order valence-electron chi connectivity index (χ3n) is 1.58. The fraction of sp³-hybridized carbons (Fsp3) is 0.500. The topological polar surface area (TPSA) is 12.4 Å². The van der Waals surface area contributed by atoms with Gasteiger partial charge in [-0.2, -0.15) is 0 Å². The van der Waals surface area contributed by atoms with E-state index in [9.17, 15) is 0 Å². The molecule has 0 fully saturated rings. The second-order valence-corrected chi connectivity index (χ2v) is 2.76. The minimum atomic E-state index is 0.573. The molecule has 1 heteroatoms. The van der Waals surface area contributed by atoms with Crippen LogP contribution in [0.4, 0.5) is 0 Å². The summed E-state index contributed by atoms with van der Waals surface area (Å²) < 4.78 is 0. The van der Waals surface area contributed by atoms with E-state index in [0.717, 1.165) is 12.0 Å². The standard InChI is InChI=1S/C10H17N/c1-5-9(3)7-11-8-10(4)6-2/h5,7-8,10H,1,6H2,2-4H3/b9-7-,11-8-. The second-order valence-electron chi connectivity index (χ2n) is 2.76. The Hall–Kier alpha value is -0.850. The van der Waals surface area contributed by atoms with Crippen LogP contribution < -0.4 is 0 Å². The van der Waals surface area contributed by atoms with E-state index < -0.39 is 0 Å². The predicted molar refractivity (Wildman–Crippen MR) is 51.9 cm³/mol. The molecule has 0 aromatic heterocycles. The molecule has 1 atom stereocenters. The molecule has 0 saturated carbocycles. The summed E-state index contributed by atoms with van der Waals surface area (Å²) in [6.45, 7) is 9.93. The highest BCUT2D eigenvalue weighted by molar-refractivity contribution is 5.60. The fourth-order valence-corrected chi connectivity index (χ4v) is 0.466. The number of allylic oxidation sites excluding steroid dienone is 2. The summed E-state index contributed by atoms with van der Waals surface area (Å²) in [6, 6.07) is 0. The van der Waals surface area contributed by atoms with Crippen LogP contribution in [0.15, 0.2) is 29.4 Å². The lowest BCUT2D eigenvalue weighted by Crippen LogP contribution is -1.91. The molecule has 0 rings (SSSR count). The van der Waals surface area contributed by atoms with Crippen molar-refractivity contribution in [3.05, 3.63) is 24.4 Å². The van der Waals surface area contributed by atoms with Crippen molar-refractivity contribution in [2.75, 3.05) is 0 Å². The van der Waals surface area contributed by atoms with E-state index >= 15 is 0 Å². The SMILES string of the molecule is C=C/C(C)=C\N=C/C(C)CC. The van der Waals surface area contributed by atoms with Gasteiger partial charge in [0.05, 0.1) is 0 Å². The van der Waals surface area contributed by atoms with Crippen LogP contribution in [-0.2, 0) is 0 Å². The molecular formula is C10H17N. The Labute approximate surface area is 69.5 Å². The Morgan fingerprint density at radius 3 is 2.73 bits per heavy atom. The predicted octanol–water partition coefficient (Wildman–Crippen LogP) is 3.19. The van der Waals surface area contributed by atoms with Crippen LogP contribution >= 0.6 is 0 Å². The highest BCUT2D eigenvalue weighted by Gasteiger charge is 1.89. The number of nitrogens with zero attached hydrogens (tertiary/aromatic N) is 1.